The van der Waals surface area contributed by atoms with Crippen molar-refractivity contribution in [3.8, 4) is 11.5 Å². The second kappa shape index (κ2) is 9.07. The minimum atomic E-state index is -0.471. The number of rotatable bonds is 7. The van der Waals surface area contributed by atoms with Crippen LogP contribution in [-0.2, 0) is 14.3 Å². The number of carbonyl (C=O) groups is 2. The largest absolute Gasteiger partial charge is 0.493 e. The third kappa shape index (κ3) is 4.11. The lowest BCUT2D eigenvalue weighted by atomic mass is 9.69. The number of fused-ring (bicyclic) bond motifs is 1. The predicted octanol–water partition coefficient (Wildman–Crippen LogP) is 4.00. The number of ketones is 1. The Kier molecular flexibility index (Phi) is 6.52. The first kappa shape index (κ1) is 20.8. The predicted molar refractivity (Wildman–Crippen MR) is 111 cm³/mol. The SMILES string of the molecule is C=CCOC(=O)C1=C(C)N=C2CCCC(=O)C2[C@@H]1c1ccc(OCC)c(OC)c1. The standard InChI is InChI=1S/C23H27NO5/c1-5-12-29-23(26)20-14(3)24-16-8-7-9-17(25)22(16)21(20)15-10-11-18(28-6-2)19(13-15)27-4/h5,10-11,13,21-22H,1,6-9,12H2,2-4H3/t21-,22?/m1/s1. The lowest BCUT2D eigenvalue weighted by Gasteiger charge is -2.35. The van der Waals surface area contributed by atoms with Gasteiger partial charge in [0, 0.05) is 23.7 Å². The van der Waals surface area contributed by atoms with Gasteiger partial charge in [0.1, 0.15) is 12.4 Å². The molecule has 0 saturated heterocycles. The minimum Gasteiger partial charge on any atom is -0.493 e. The van der Waals surface area contributed by atoms with Gasteiger partial charge in [0.2, 0.25) is 0 Å². The summed E-state index contributed by atoms with van der Waals surface area (Å²) in [7, 11) is 1.57. The fourth-order valence-corrected chi connectivity index (χ4v) is 4.11. The molecule has 0 bridgehead atoms. The molecule has 2 atom stereocenters. The second-order valence-electron chi connectivity index (χ2n) is 7.11. The summed E-state index contributed by atoms with van der Waals surface area (Å²) in [5.41, 5.74) is 2.67. The van der Waals surface area contributed by atoms with Gasteiger partial charge >= 0.3 is 5.97 Å². The quantitative estimate of drug-likeness (QED) is 0.513. The van der Waals surface area contributed by atoms with Crippen LogP contribution in [0.4, 0.5) is 0 Å². The fourth-order valence-electron chi connectivity index (χ4n) is 4.11. The summed E-state index contributed by atoms with van der Waals surface area (Å²) in [6.45, 7) is 7.90. The first-order valence-corrected chi connectivity index (χ1v) is 9.91. The molecule has 0 N–H and O–H groups in total. The van der Waals surface area contributed by atoms with E-state index in [4.69, 9.17) is 14.2 Å². The topological polar surface area (TPSA) is 74.2 Å². The molecule has 1 unspecified atom stereocenters. The molecule has 2 aliphatic rings. The third-order valence-electron chi connectivity index (χ3n) is 5.31. The van der Waals surface area contributed by atoms with Crippen molar-refractivity contribution in [3.05, 3.63) is 47.7 Å². The summed E-state index contributed by atoms with van der Waals surface area (Å²) >= 11 is 0. The molecule has 1 heterocycles. The molecule has 1 aromatic rings. The molecule has 0 amide bonds. The number of esters is 1. The molecule has 6 nitrogen and oxygen atoms in total. The van der Waals surface area contributed by atoms with E-state index < -0.39 is 17.8 Å². The Morgan fingerprint density at radius 1 is 1.28 bits per heavy atom. The highest BCUT2D eigenvalue weighted by atomic mass is 16.5. The van der Waals surface area contributed by atoms with Crippen molar-refractivity contribution in [2.45, 2.75) is 39.0 Å². The zero-order chi connectivity index (χ0) is 21.0. The molecule has 0 spiro atoms. The van der Waals surface area contributed by atoms with E-state index in [0.717, 1.165) is 24.1 Å². The minimum absolute atomic E-state index is 0.101. The Hall–Kier alpha value is -2.89. The first-order chi connectivity index (χ1) is 14.0. The van der Waals surface area contributed by atoms with E-state index in [2.05, 4.69) is 11.6 Å². The smallest absolute Gasteiger partial charge is 0.336 e. The lowest BCUT2D eigenvalue weighted by molar-refractivity contribution is -0.138. The van der Waals surface area contributed by atoms with E-state index in [9.17, 15) is 9.59 Å². The van der Waals surface area contributed by atoms with Crippen molar-refractivity contribution in [1.29, 1.82) is 0 Å². The van der Waals surface area contributed by atoms with Crippen molar-refractivity contribution in [2.24, 2.45) is 10.9 Å². The summed E-state index contributed by atoms with van der Waals surface area (Å²) < 4.78 is 16.4. The maximum absolute atomic E-state index is 12.9. The molecular formula is C23H27NO5. The molecule has 1 aromatic carbocycles. The van der Waals surface area contributed by atoms with Crippen molar-refractivity contribution >= 4 is 17.5 Å². The molecule has 1 fully saturated rings. The number of ether oxygens (including phenoxy) is 3. The monoisotopic (exact) mass is 397 g/mol. The van der Waals surface area contributed by atoms with Crippen LogP contribution in [0.15, 0.2) is 47.1 Å². The molecule has 3 rings (SSSR count). The Bertz CT molecular complexity index is 883. The number of nitrogens with zero attached hydrogens (tertiary/aromatic N) is 1. The van der Waals surface area contributed by atoms with Gasteiger partial charge in [0.15, 0.2) is 11.5 Å². The molecule has 1 aliphatic carbocycles. The maximum Gasteiger partial charge on any atom is 0.336 e. The van der Waals surface area contributed by atoms with Crippen LogP contribution in [-0.4, -0.2) is 37.8 Å². The molecule has 0 radical (unpaired) electrons. The van der Waals surface area contributed by atoms with Crippen LogP contribution in [0.5, 0.6) is 11.5 Å². The van der Waals surface area contributed by atoms with Crippen LogP contribution in [0, 0.1) is 5.92 Å². The number of allylic oxidation sites excluding steroid dienone is 1. The van der Waals surface area contributed by atoms with Crippen molar-refractivity contribution in [3.63, 3.8) is 0 Å². The number of carbonyl (C=O) groups excluding carboxylic acids is 2. The average Bonchev–Trinajstić information content (AvgIpc) is 2.71. The molecule has 154 valence electrons. The number of hydrogen-bond donors (Lipinski definition) is 0. The summed E-state index contributed by atoms with van der Waals surface area (Å²) in [5.74, 6) is -0.0996. The third-order valence-corrected chi connectivity index (χ3v) is 5.31. The van der Waals surface area contributed by atoms with E-state index >= 15 is 0 Å². The maximum atomic E-state index is 12.9. The number of Topliss-reactive ketones (excluding diaryl/α,β-unsaturated/α-hetero) is 1. The Balaban J connectivity index is 2.12. The lowest BCUT2D eigenvalue weighted by Crippen LogP contribution is -2.39. The van der Waals surface area contributed by atoms with Gasteiger partial charge in [-0.1, -0.05) is 18.7 Å². The van der Waals surface area contributed by atoms with Gasteiger partial charge in [0.05, 0.1) is 25.2 Å². The van der Waals surface area contributed by atoms with E-state index in [1.165, 1.54) is 6.08 Å². The summed E-state index contributed by atoms with van der Waals surface area (Å²) in [4.78, 5) is 30.4. The highest BCUT2D eigenvalue weighted by Gasteiger charge is 2.43. The van der Waals surface area contributed by atoms with Crippen LogP contribution < -0.4 is 9.47 Å². The van der Waals surface area contributed by atoms with Crippen LogP contribution in [0.1, 0.15) is 44.6 Å². The summed E-state index contributed by atoms with van der Waals surface area (Å²) in [6.07, 6.45) is 3.55. The highest BCUT2D eigenvalue weighted by Crippen LogP contribution is 2.44. The van der Waals surface area contributed by atoms with Gasteiger partial charge in [-0.25, -0.2) is 4.79 Å². The summed E-state index contributed by atoms with van der Waals surface area (Å²) in [6, 6.07) is 5.55. The van der Waals surface area contributed by atoms with Crippen molar-refractivity contribution < 1.29 is 23.8 Å². The molecule has 0 aromatic heterocycles. The van der Waals surface area contributed by atoms with E-state index in [-0.39, 0.29) is 12.4 Å². The molecule has 1 saturated carbocycles. The Morgan fingerprint density at radius 3 is 2.76 bits per heavy atom. The highest BCUT2D eigenvalue weighted by molar-refractivity contribution is 6.11. The van der Waals surface area contributed by atoms with E-state index in [1.54, 1.807) is 14.0 Å². The van der Waals surface area contributed by atoms with Gasteiger partial charge in [-0.2, -0.15) is 0 Å². The van der Waals surface area contributed by atoms with Crippen LogP contribution >= 0.6 is 0 Å². The van der Waals surface area contributed by atoms with Crippen LogP contribution in [0.25, 0.3) is 0 Å². The fraction of sp³-hybridized carbons (Fsp3) is 0.435. The molecule has 6 heteroatoms. The van der Waals surface area contributed by atoms with Crippen molar-refractivity contribution in [2.75, 3.05) is 20.3 Å². The Morgan fingerprint density at radius 2 is 2.07 bits per heavy atom. The Labute approximate surface area is 171 Å². The van der Waals surface area contributed by atoms with Crippen molar-refractivity contribution in [1.82, 2.24) is 0 Å². The number of aliphatic imine (C=N–C) groups is 1. The van der Waals surface area contributed by atoms with Gasteiger partial charge < -0.3 is 14.2 Å². The van der Waals surface area contributed by atoms with Crippen LogP contribution in [0.2, 0.25) is 0 Å². The zero-order valence-corrected chi connectivity index (χ0v) is 17.2. The van der Waals surface area contributed by atoms with E-state index in [0.29, 0.717) is 35.8 Å². The molecule has 29 heavy (non-hydrogen) atoms. The van der Waals surface area contributed by atoms with Gasteiger partial charge in [-0.3, -0.25) is 9.79 Å². The molecular weight excluding hydrogens is 370 g/mol. The zero-order valence-electron chi connectivity index (χ0n) is 17.2. The second-order valence-corrected chi connectivity index (χ2v) is 7.11. The van der Waals surface area contributed by atoms with Crippen LogP contribution in [0.3, 0.4) is 0 Å². The normalized spacial score (nSPS) is 21.2. The molecule has 1 aliphatic heterocycles. The first-order valence-electron chi connectivity index (χ1n) is 9.91. The average molecular weight is 397 g/mol. The number of benzene rings is 1. The van der Waals surface area contributed by atoms with Gasteiger partial charge in [-0.15, -0.1) is 0 Å². The van der Waals surface area contributed by atoms with Gasteiger partial charge in [-0.05, 0) is 44.4 Å². The number of hydrogen-bond acceptors (Lipinski definition) is 6. The van der Waals surface area contributed by atoms with Gasteiger partial charge in [0.25, 0.3) is 0 Å². The number of methoxy groups -OCH3 is 1. The summed E-state index contributed by atoms with van der Waals surface area (Å²) in [5, 5.41) is 0. The van der Waals surface area contributed by atoms with E-state index in [1.807, 2.05) is 25.1 Å².